The lowest BCUT2D eigenvalue weighted by Crippen LogP contribution is -2.00. The molecule has 100 valence electrons. The summed E-state index contributed by atoms with van der Waals surface area (Å²) in [4.78, 5) is -0.632. The number of hydrogen-bond acceptors (Lipinski definition) is 0. The van der Waals surface area contributed by atoms with Crippen molar-refractivity contribution < 1.29 is 13.2 Å². The SMILES string of the molecule is Cc1cc(F)c(C(Br)c2cc(F)ccc2Br)cc1F. The van der Waals surface area contributed by atoms with Crippen molar-refractivity contribution in [1.82, 2.24) is 0 Å². The molecule has 0 aromatic heterocycles. The Labute approximate surface area is 125 Å². The minimum Gasteiger partial charge on any atom is -0.207 e. The van der Waals surface area contributed by atoms with E-state index < -0.39 is 22.3 Å². The van der Waals surface area contributed by atoms with E-state index in [1.165, 1.54) is 25.1 Å². The monoisotopic (exact) mass is 392 g/mol. The summed E-state index contributed by atoms with van der Waals surface area (Å²) in [6.07, 6.45) is 0. The third-order valence-corrected chi connectivity index (χ3v) is 4.49. The Kier molecular flexibility index (Phi) is 4.36. The van der Waals surface area contributed by atoms with E-state index in [-0.39, 0.29) is 11.1 Å². The molecule has 0 heterocycles. The van der Waals surface area contributed by atoms with Crippen molar-refractivity contribution in [2.24, 2.45) is 0 Å². The molecule has 0 amide bonds. The van der Waals surface area contributed by atoms with Gasteiger partial charge in [-0.05, 0) is 48.4 Å². The second-order valence-corrected chi connectivity index (χ2v) is 5.92. The maximum Gasteiger partial charge on any atom is 0.128 e. The molecule has 0 N–H and O–H groups in total. The summed E-state index contributed by atoms with van der Waals surface area (Å²) in [6, 6.07) is 6.36. The first-order valence-corrected chi connectivity index (χ1v) is 7.15. The molecule has 0 spiro atoms. The van der Waals surface area contributed by atoms with Crippen LogP contribution in [0.4, 0.5) is 13.2 Å². The average Bonchev–Trinajstić information content (AvgIpc) is 2.36. The summed E-state index contributed by atoms with van der Waals surface area (Å²) in [5.74, 6) is -1.46. The lowest BCUT2D eigenvalue weighted by Gasteiger charge is -2.14. The first kappa shape index (κ1) is 14.6. The molecule has 1 unspecified atom stereocenters. The standard InChI is InChI=1S/C14H9Br2F3/c1-7-4-13(19)10(6-12(7)18)14(16)9-5-8(17)2-3-11(9)15/h2-6,14H,1H3. The van der Waals surface area contributed by atoms with E-state index in [1.807, 2.05) is 0 Å². The Morgan fingerprint density at radius 2 is 1.63 bits per heavy atom. The Bertz CT molecular complexity index is 626. The molecule has 0 saturated carbocycles. The fourth-order valence-electron chi connectivity index (χ4n) is 1.73. The zero-order valence-corrected chi connectivity index (χ0v) is 13.0. The van der Waals surface area contributed by atoms with Gasteiger partial charge in [-0.1, -0.05) is 31.9 Å². The van der Waals surface area contributed by atoms with Gasteiger partial charge in [-0.2, -0.15) is 0 Å². The lowest BCUT2D eigenvalue weighted by atomic mass is 10.0. The molecule has 5 heteroatoms. The van der Waals surface area contributed by atoms with Gasteiger partial charge in [0.1, 0.15) is 17.5 Å². The molecule has 0 saturated heterocycles. The van der Waals surface area contributed by atoms with E-state index >= 15 is 0 Å². The van der Waals surface area contributed by atoms with Gasteiger partial charge in [0.15, 0.2) is 0 Å². The van der Waals surface area contributed by atoms with Crippen LogP contribution >= 0.6 is 31.9 Å². The van der Waals surface area contributed by atoms with Gasteiger partial charge in [-0.3, -0.25) is 0 Å². The van der Waals surface area contributed by atoms with Gasteiger partial charge in [-0.25, -0.2) is 13.2 Å². The maximum absolute atomic E-state index is 13.9. The van der Waals surface area contributed by atoms with Crippen LogP contribution in [0, 0.1) is 24.4 Å². The van der Waals surface area contributed by atoms with Gasteiger partial charge in [0, 0.05) is 10.0 Å². The topological polar surface area (TPSA) is 0 Å². The van der Waals surface area contributed by atoms with Crippen molar-refractivity contribution in [3.8, 4) is 0 Å². The van der Waals surface area contributed by atoms with Crippen molar-refractivity contribution in [2.75, 3.05) is 0 Å². The van der Waals surface area contributed by atoms with Crippen LogP contribution in [0.1, 0.15) is 21.5 Å². The van der Waals surface area contributed by atoms with Crippen LogP contribution in [0.5, 0.6) is 0 Å². The average molecular weight is 394 g/mol. The van der Waals surface area contributed by atoms with Gasteiger partial charge in [0.05, 0.1) is 4.83 Å². The highest BCUT2D eigenvalue weighted by Gasteiger charge is 2.19. The molecule has 2 aromatic rings. The largest absolute Gasteiger partial charge is 0.207 e. The zero-order valence-electron chi connectivity index (χ0n) is 9.85. The molecule has 0 aliphatic carbocycles. The van der Waals surface area contributed by atoms with Crippen LogP contribution in [0.3, 0.4) is 0 Å². The predicted molar refractivity (Wildman–Crippen MR) is 76.0 cm³/mol. The van der Waals surface area contributed by atoms with Crippen molar-refractivity contribution in [1.29, 1.82) is 0 Å². The Morgan fingerprint density at radius 3 is 2.32 bits per heavy atom. The van der Waals surface area contributed by atoms with Crippen molar-refractivity contribution in [2.45, 2.75) is 11.8 Å². The van der Waals surface area contributed by atoms with Crippen LogP contribution in [-0.4, -0.2) is 0 Å². The quantitative estimate of drug-likeness (QED) is 0.577. The number of halogens is 5. The summed E-state index contributed by atoms with van der Waals surface area (Å²) in [5.41, 5.74) is 0.871. The zero-order chi connectivity index (χ0) is 14.2. The minimum atomic E-state index is -0.632. The predicted octanol–water partition coefficient (Wildman–Crippen LogP) is 5.66. The van der Waals surface area contributed by atoms with Crippen molar-refractivity contribution >= 4 is 31.9 Å². The van der Waals surface area contributed by atoms with Gasteiger partial charge in [0.25, 0.3) is 0 Å². The van der Waals surface area contributed by atoms with Crippen LogP contribution < -0.4 is 0 Å². The molecule has 0 bridgehead atoms. The maximum atomic E-state index is 13.9. The summed E-state index contributed by atoms with van der Waals surface area (Å²) >= 11 is 6.56. The first-order valence-electron chi connectivity index (χ1n) is 5.44. The highest BCUT2D eigenvalue weighted by atomic mass is 79.9. The summed E-state index contributed by atoms with van der Waals surface area (Å²) in [5, 5.41) is 0. The van der Waals surface area contributed by atoms with Gasteiger partial charge >= 0.3 is 0 Å². The molecular formula is C14H9Br2F3. The highest BCUT2D eigenvalue weighted by Crippen LogP contribution is 2.37. The first-order chi connectivity index (χ1) is 8.90. The van der Waals surface area contributed by atoms with E-state index in [4.69, 9.17) is 0 Å². The molecule has 1 atom stereocenters. The van der Waals surface area contributed by atoms with E-state index in [0.717, 1.165) is 12.1 Å². The van der Waals surface area contributed by atoms with Crippen molar-refractivity contribution in [3.05, 3.63) is 68.9 Å². The number of hydrogen-bond donors (Lipinski definition) is 0. The van der Waals surface area contributed by atoms with Gasteiger partial charge < -0.3 is 0 Å². The van der Waals surface area contributed by atoms with E-state index in [0.29, 0.717) is 10.0 Å². The number of alkyl halides is 1. The van der Waals surface area contributed by atoms with Gasteiger partial charge in [0.2, 0.25) is 0 Å². The smallest absolute Gasteiger partial charge is 0.128 e. The summed E-state index contributed by atoms with van der Waals surface area (Å²) in [6.45, 7) is 1.49. The van der Waals surface area contributed by atoms with E-state index in [1.54, 1.807) is 0 Å². The van der Waals surface area contributed by atoms with Crippen molar-refractivity contribution in [3.63, 3.8) is 0 Å². The van der Waals surface area contributed by atoms with Crippen LogP contribution in [-0.2, 0) is 0 Å². The second-order valence-electron chi connectivity index (χ2n) is 4.15. The van der Waals surface area contributed by atoms with E-state index in [2.05, 4.69) is 31.9 Å². The molecule has 0 aliphatic rings. The van der Waals surface area contributed by atoms with Crippen LogP contribution in [0.2, 0.25) is 0 Å². The Morgan fingerprint density at radius 1 is 0.947 bits per heavy atom. The number of aryl methyl sites for hydroxylation is 1. The Balaban J connectivity index is 2.52. The lowest BCUT2D eigenvalue weighted by molar-refractivity contribution is 0.580. The molecule has 2 aromatic carbocycles. The van der Waals surface area contributed by atoms with Crippen LogP contribution in [0.25, 0.3) is 0 Å². The van der Waals surface area contributed by atoms with E-state index in [9.17, 15) is 13.2 Å². The molecule has 0 aliphatic heterocycles. The molecule has 0 nitrogen and oxygen atoms in total. The normalized spacial score (nSPS) is 12.5. The molecule has 2 rings (SSSR count). The summed E-state index contributed by atoms with van der Waals surface area (Å²) < 4.78 is 41.3. The third-order valence-electron chi connectivity index (χ3n) is 2.78. The fraction of sp³-hybridized carbons (Fsp3) is 0.143. The fourth-order valence-corrected chi connectivity index (χ4v) is 3.24. The number of benzene rings is 2. The molecule has 0 radical (unpaired) electrons. The molecule has 0 fully saturated rings. The van der Waals surface area contributed by atoms with Gasteiger partial charge in [-0.15, -0.1) is 0 Å². The number of rotatable bonds is 2. The summed E-state index contributed by atoms with van der Waals surface area (Å²) in [7, 11) is 0. The second kappa shape index (κ2) is 5.67. The molecule has 19 heavy (non-hydrogen) atoms. The van der Waals surface area contributed by atoms with Crippen LogP contribution in [0.15, 0.2) is 34.8 Å². The third kappa shape index (κ3) is 3.03. The highest BCUT2D eigenvalue weighted by molar-refractivity contribution is 9.11. The minimum absolute atomic E-state index is 0.134. The Hall–Kier alpha value is -0.810. The molecular weight excluding hydrogens is 385 g/mol.